The lowest BCUT2D eigenvalue weighted by atomic mass is 9.92. The van der Waals surface area contributed by atoms with Gasteiger partial charge in [-0.05, 0) is 67.6 Å². The van der Waals surface area contributed by atoms with Crippen LogP contribution < -0.4 is 5.32 Å². The Kier molecular flexibility index (Phi) is 5.65. The highest BCUT2D eigenvalue weighted by Gasteiger charge is 2.27. The Morgan fingerprint density at radius 1 is 1.08 bits per heavy atom. The SMILES string of the molecule is C[C@@H]1C[C@H](C)CN(C(=S)Nc2ccc(S(=O)(=O)N3CCCC3)cc2)C1. The number of likely N-dealkylation sites (tertiary alicyclic amines) is 1. The van der Waals surface area contributed by atoms with Crippen molar-refractivity contribution in [3.63, 3.8) is 0 Å². The fourth-order valence-corrected chi connectivity index (χ4v) is 5.60. The van der Waals surface area contributed by atoms with Crippen LogP contribution in [0.4, 0.5) is 5.69 Å². The highest BCUT2D eigenvalue weighted by Crippen LogP contribution is 2.24. The van der Waals surface area contributed by atoms with Crippen LogP contribution in [0.3, 0.4) is 0 Å². The minimum absolute atomic E-state index is 0.353. The van der Waals surface area contributed by atoms with Gasteiger partial charge in [0, 0.05) is 31.9 Å². The molecule has 7 heteroatoms. The van der Waals surface area contributed by atoms with Crippen molar-refractivity contribution in [2.45, 2.75) is 38.0 Å². The number of anilines is 1. The first-order chi connectivity index (χ1) is 11.9. The van der Waals surface area contributed by atoms with E-state index < -0.39 is 10.0 Å². The molecule has 0 bridgehead atoms. The van der Waals surface area contributed by atoms with Gasteiger partial charge in [-0.2, -0.15) is 4.31 Å². The zero-order valence-corrected chi connectivity index (χ0v) is 16.6. The van der Waals surface area contributed by atoms with Gasteiger partial charge in [0.2, 0.25) is 10.0 Å². The molecule has 0 saturated carbocycles. The molecule has 2 aliphatic rings. The Morgan fingerprint density at radius 2 is 1.64 bits per heavy atom. The number of hydrogen-bond donors (Lipinski definition) is 1. The van der Waals surface area contributed by atoms with E-state index in [9.17, 15) is 8.42 Å². The number of sulfonamides is 1. The number of nitrogens with zero attached hydrogens (tertiary/aromatic N) is 2. The van der Waals surface area contributed by atoms with Gasteiger partial charge >= 0.3 is 0 Å². The molecule has 2 fully saturated rings. The molecule has 138 valence electrons. The van der Waals surface area contributed by atoms with Gasteiger partial charge in [-0.1, -0.05) is 13.8 Å². The average Bonchev–Trinajstić information content (AvgIpc) is 3.09. The lowest BCUT2D eigenvalue weighted by Gasteiger charge is -2.36. The highest BCUT2D eigenvalue weighted by atomic mass is 32.2. The van der Waals surface area contributed by atoms with E-state index in [1.165, 1.54) is 6.42 Å². The molecule has 3 rings (SSSR count). The zero-order chi connectivity index (χ0) is 18.0. The summed E-state index contributed by atoms with van der Waals surface area (Å²) in [6.45, 7) is 7.69. The van der Waals surface area contributed by atoms with Crippen LogP contribution in [0.25, 0.3) is 0 Å². The molecule has 0 unspecified atom stereocenters. The summed E-state index contributed by atoms with van der Waals surface area (Å²) in [5, 5.41) is 3.97. The second kappa shape index (κ2) is 7.60. The van der Waals surface area contributed by atoms with E-state index in [2.05, 4.69) is 24.1 Å². The Labute approximate surface area is 156 Å². The van der Waals surface area contributed by atoms with E-state index in [0.29, 0.717) is 34.9 Å². The van der Waals surface area contributed by atoms with Crippen molar-refractivity contribution in [1.82, 2.24) is 9.21 Å². The van der Waals surface area contributed by atoms with Crippen LogP contribution in [0.2, 0.25) is 0 Å². The summed E-state index contributed by atoms with van der Waals surface area (Å²) in [7, 11) is -3.36. The second-order valence-electron chi connectivity index (χ2n) is 7.42. The number of piperidine rings is 1. The molecular formula is C18H27N3O2S2. The second-order valence-corrected chi connectivity index (χ2v) is 9.74. The van der Waals surface area contributed by atoms with Gasteiger partial charge in [-0.3, -0.25) is 0 Å². The molecule has 5 nitrogen and oxygen atoms in total. The number of benzene rings is 1. The zero-order valence-electron chi connectivity index (χ0n) is 14.9. The van der Waals surface area contributed by atoms with Crippen LogP contribution in [0.5, 0.6) is 0 Å². The largest absolute Gasteiger partial charge is 0.348 e. The molecule has 0 radical (unpaired) electrons. The van der Waals surface area contributed by atoms with Crippen molar-refractivity contribution in [2.75, 3.05) is 31.5 Å². The Balaban J connectivity index is 1.65. The standard InChI is InChI=1S/C18H27N3O2S2/c1-14-11-15(2)13-20(12-14)18(24)19-16-5-7-17(8-6-16)25(22,23)21-9-3-4-10-21/h5-8,14-15H,3-4,9-13H2,1-2H3,(H,19,24)/t14-,15+. The Morgan fingerprint density at radius 3 is 2.20 bits per heavy atom. The maximum Gasteiger partial charge on any atom is 0.243 e. The third kappa shape index (κ3) is 4.33. The summed E-state index contributed by atoms with van der Waals surface area (Å²) >= 11 is 5.54. The number of hydrogen-bond acceptors (Lipinski definition) is 3. The minimum Gasteiger partial charge on any atom is -0.348 e. The number of rotatable bonds is 3. The monoisotopic (exact) mass is 381 g/mol. The Hall–Kier alpha value is -1.18. The molecule has 25 heavy (non-hydrogen) atoms. The number of nitrogens with one attached hydrogen (secondary N) is 1. The molecule has 2 heterocycles. The van der Waals surface area contributed by atoms with Crippen LogP contribution in [-0.2, 0) is 10.0 Å². The van der Waals surface area contributed by atoms with Crippen molar-refractivity contribution >= 4 is 33.0 Å². The van der Waals surface area contributed by atoms with Gasteiger partial charge < -0.3 is 10.2 Å². The fraction of sp³-hybridized carbons (Fsp3) is 0.611. The fourth-order valence-electron chi connectivity index (χ4n) is 3.82. The van der Waals surface area contributed by atoms with Gasteiger partial charge in [0.05, 0.1) is 4.90 Å². The van der Waals surface area contributed by atoms with Crippen LogP contribution >= 0.6 is 12.2 Å². The lowest BCUT2D eigenvalue weighted by Crippen LogP contribution is -2.44. The summed E-state index contributed by atoms with van der Waals surface area (Å²) in [5.74, 6) is 1.27. The summed E-state index contributed by atoms with van der Waals surface area (Å²) in [6, 6.07) is 6.93. The topological polar surface area (TPSA) is 52.7 Å². The molecule has 1 N–H and O–H groups in total. The summed E-state index contributed by atoms with van der Waals surface area (Å²) in [4.78, 5) is 2.56. The first-order valence-corrected chi connectivity index (χ1v) is 10.9. The predicted octanol–water partition coefficient (Wildman–Crippen LogP) is 3.15. The molecule has 2 aliphatic heterocycles. The summed E-state index contributed by atoms with van der Waals surface area (Å²) < 4.78 is 26.7. The van der Waals surface area contributed by atoms with E-state index in [4.69, 9.17) is 12.2 Å². The van der Waals surface area contributed by atoms with Crippen LogP contribution in [0.1, 0.15) is 33.1 Å². The predicted molar refractivity (Wildman–Crippen MR) is 105 cm³/mol. The van der Waals surface area contributed by atoms with Crippen molar-refractivity contribution in [3.05, 3.63) is 24.3 Å². The molecule has 0 amide bonds. The molecule has 2 saturated heterocycles. The first kappa shape index (κ1) is 18.6. The van der Waals surface area contributed by atoms with Crippen molar-refractivity contribution < 1.29 is 8.42 Å². The summed E-state index contributed by atoms with van der Waals surface area (Å²) in [6.07, 6.45) is 3.13. The molecule has 2 atom stereocenters. The van der Waals surface area contributed by atoms with Crippen LogP contribution in [0, 0.1) is 11.8 Å². The van der Waals surface area contributed by atoms with Gasteiger partial charge in [-0.15, -0.1) is 0 Å². The first-order valence-electron chi connectivity index (χ1n) is 9.02. The van der Waals surface area contributed by atoms with E-state index in [0.717, 1.165) is 31.6 Å². The quantitative estimate of drug-likeness (QED) is 0.815. The third-order valence-corrected chi connectivity index (χ3v) is 7.24. The summed E-state index contributed by atoms with van der Waals surface area (Å²) in [5.41, 5.74) is 0.830. The van der Waals surface area contributed by atoms with E-state index in [1.54, 1.807) is 28.6 Å². The third-order valence-electron chi connectivity index (χ3n) is 4.96. The maximum absolute atomic E-state index is 12.6. The molecule has 1 aromatic carbocycles. The Bertz CT molecular complexity index is 702. The van der Waals surface area contributed by atoms with E-state index in [-0.39, 0.29) is 0 Å². The smallest absolute Gasteiger partial charge is 0.243 e. The normalized spacial score (nSPS) is 25.1. The van der Waals surface area contributed by atoms with Gasteiger partial charge in [-0.25, -0.2) is 8.42 Å². The molecule has 0 spiro atoms. The molecule has 0 aliphatic carbocycles. The van der Waals surface area contributed by atoms with Crippen molar-refractivity contribution in [2.24, 2.45) is 11.8 Å². The molecule has 1 aromatic rings. The van der Waals surface area contributed by atoms with E-state index in [1.807, 2.05) is 0 Å². The average molecular weight is 382 g/mol. The maximum atomic E-state index is 12.6. The van der Waals surface area contributed by atoms with Crippen molar-refractivity contribution in [1.29, 1.82) is 0 Å². The minimum atomic E-state index is -3.36. The van der Waals surface area contributed by atoms with Crippen LogP contribution in [0.15, 0.2) is 29.2 Å². The van der Waals surface area contributed by atoms with Crippen molar-refractivity contribution in [3.8, 4) is 0 Å². The van der Waals surface area contributed by atoms with Gasteiger partial charge in [0.1, 0.15) is 0 Å². The van der Waals surface area contributed by atoms with E-state index >= 15 is 0 Å². The van der Waals surface area contributed by atoms with Gasteiger partial charge in [0.25, 0.3) is 0 Å². The molecule has 0 aromatic heterocycles. The van der Waals surface area contributed by atoms with Gasteiger partial charge in [0.15, 0.2) is 5.11 Å². The highest BCUT2D eigenvalue weighted by molar-refractivity contribution is 7.89. The van der Waals surface area contributed by atoms with Crippen LogP contribution in [-0.4, -0.2) is 48.9 Å². The lowest BCUT2D eigenvalue weighted by molar-refractivity contribution is 0.216. The molecular weight excluding hydrogens is 354 g/mol. The number of thiocarbonyl (C=S) groups is 1.